The van der Waals surface area contributed by atoms with Gasteiger partial charge in [-0.3, -0.25) is 0 Å². The Morgan fingerprint density at radius 2 is 1.80 bits per heavy atom. The first kappa shape index (κ1) is 17.7. The molecule has 2 heterocycles. The van der Waals surface area contributed by atoms with Gasteiger partial charge in [-0.1, -0.05) is 32.0 Å². The van der Waals surface area contributed by atoms with Gasteiger partial charge in [0.25, 0.3) is 0 Å². The molecule has 25 heavy (non-hydrogen) atoms. The van der Waals surface area contributed by atoms with Gasteiger partial charge in [-0.15, -0.1) is 0 Å². The molecule has 5 nitrogen and oxygen atoms in total. The number of hydrogen-bond donors (Lipinski definition) is 1. The summed E-state index contributed by atoms with van der Waals surface area (Å²) in [5, 5.41) is 3.47. The van der Waals surface area contributed by atoms with Crippen LogP contribution in [0.3, 0.4) is 0 Å². The van der Waals surface area contributed by atoms with Gasteiger partial charge in [-0.05, 0) is 37.9 Å². The van der Waals surface area contributed by atoms with Crippen molar-refractivity contribution in [2.75, 3.05) is 42.9 Å². The Hall–Kier alpha value is -2.14. The van der Waals surface area contributed by atoms with E-state index in [9.17, 15) is 0 Å². The first-order chi connectivity index (χ1) is 12.1. The average molecular weight is 339 g/mol. The normalized spacial score (nSPS) is 15.4. The van der Waals surface area contributed by atoms with E-state index in [1.165, 1.54) is 11.1 Å². The van der Waals surface area contributed by atoms with Crippen molar-refractivity contribution in [1.29, 1.82) is 0 Å². The highest BCUT2D eigenvalue weighted by Gasteiger charge is 2.18. The summed E-state index contributed by atoms with van der Waals surface area (Å²) in [5.41, 5.74) is 4.65. The fourth-order valence-corrected chi connectivity index (χ4v) is 3.38. The maximum Gasteiger partial charge on any atom is 0.229 e. The molecular formula is C20H29N5. The largest absolute Gasteiger partial charge is 0.354 e. The summed E-state index contributed by atoms with van der Waals surface area (Å²) >= 11 is 0. The molecule has 1 aromatic heterocycles. The number of aromatic nitrogens is 2. The van der Waals surface area contributed by atoms with E-state index in [0.717, 1.165) is 56.3 Å². The molecule has 1 N–H and O–H groups in total. The highest BCUT2D eigenvalue weighted by atomic mass is 15.3. The molecule has 0 saturated carbocycles. The zero-order valence-electron chi connectivity index (χ0n) is 15.8. The first-order valence-electron chi connectivity index (χ1n) is 9.29. The molecule has 0 unspecified atom stereocenters. The standard InChI is InChI=1S/C20H29N5/c1-5-17-9-7-8-15(3)19(17)23-20-21-16(4)14-18(22-20)25-12-10-24(6-2)11-13-25/h7-9,14H,5-6,10-13H2,1-4H3,(H,21,22,23). The van der Waals surface area contributed by atoms with Crippen molar-refractivity contribution in [3.8, 4) is 0 Å². The number of likely N-dealkylation sites (N-methyl/N-ethyl adjacent to an activating group) is 1. The SMILES string of the molecule is CCc1cccc(C)c1Nc1nc(C)cc(N2CCN(CC)CC2)n1. The number of aryl methyl sites for hydroxylation is 3. The summed E-state index contributed by atoms with van der Waals surface area (Å²) in [6.45, 7) is 13.9. The van der Waals surface area contributed by atoms with E-state index < -0.39 is 0 Å². The minimum Gasteiger partial charge on any atom is -0.354 e. The first-order valence-corrected chi connectivity index (χ1v) is 9.29. The van der Waals surface area contributed by atoms with E-state index in [2.05, 4.69) is 65.1 Å². The monoisotopic (exact) mass is 339 g/mol. The molecule has 1 fully saturated rings. The number of hydrogen-bond acceptors (Lipinski definition) is 5. The average Bonchev–Trinajstić information content (AvgIpc) is 2.63. The van der Waals surface area contributed by atoms with E-state index in [0.29, 0.717) is 5.95 Å². The van der Waals surface area contributed by atoms with Crippen molar-refractivity contribution in [2.24, 2.45) is 0 Å². The third-order valence-electron chi connectivity index (χ3n) is 4.96. The van der Waals surface area contributed by atoms with E-state index in [1.807, 2.05) is 6.92 Å². The van der Waals surface area contributed by atoms with Gasteiger partial charge < -0.3 is 15.1 Å². The van der Waals surface area contributed by atoms with Crippen LogP contribution < -0.4 is 10.2 Å². The quantitative estimate of drug-likeness (QED) is 0.902. The lowest BCUT2D eigenvalue weighted by atomic mass is 10.1. The highest BCUT2D eigenvalue weighted by molar-refractivity contribution is 5.64. The molecule has 2 aromatic rings. The number of benzene rings is 1. The third kappa shape index (κ3) is 4.10. The van der Waals surface area contributed by atoms with Crippen LogP contribution in [0.2, 0.25) is 0 Å². The summed E-state index contributed by atoms with van der Waals surface area (Å²) in [6.07, 6.45) is 0.988. The predicted octanol–water partition coefficient (Wildman–Crippen LogP) is 3.54. The van der Waals surface area contributed by atoms with Crippen LogP contribution in [-0.4, -0.2) is 47.6 Å². The molecule has 1 aliphatic rings. The molecule has 0 aliphatic carbocycles. The number of anilines is 3. The molecule has 5 heteroatoms. The van der Waals surface area contributed by atoms with Crippen LogP contribution in [-0.2, 0) is 6.42 Å². The minimum absolute atomic E-state index is 0.692. The molecule has 0 atom stereocenters. The minimum atomic E-state index is 0.692. The van der Waals surface area contributed by atoms with Crippen LogP contribution in [0.25, 0.3) is 0 Å². The lowest BCUT2D eigenvalue weighted by Gasteiger charge is -2.34. The van der Waals surface area contributed by atoms with Crippen LogP contribution in [0.5, 0.6) is 0 Å². The lowest BCUT2D eigenvalue weighted by Crippen LogP contribution is -2.46. The maximum atomic E-state index is 4.81. The van der Waals surface area contributed by atoms with Gasteiger partial charge in [0.1, 0.15) is 5.82 Å². The van der Waals surface area contributed by atoms with E-state index in [4.69, 9.17) is 4.98 Å². The van der Waals surface area contributed by atoms with Gasteiger partial charge in [0.2, 0.25) is 5.95 Å². The topological polar surface area (TPSA) is 44.3 Å². The van der Waals surface area contributed by atoms with Gasteiger partial charge >= 0.3 is 0 Å². The summed E-state index contributed by atoms with van der Waals surface area (Å²) in [7, 11) is 0. The van der Waals surface area contributed by atoms with Crippen molar-refractivity contribution in [3.63, 3.8) is 0 Å². The number of para-hydroxylation sites is 1. The Kier molecular flexibility index (Phi) is 5.53. The summed E-state index contributed by atoms with van der Waals surface area (Å²) in [4.78, 5) is 14.3. The molecule has 1 saturated heterocycles. The van der Waals surface area contributed by atoms with Crippen LogP contribution in [0.1, 0.15) is 30.7 Å². The Morgan fingerprint density at radius 1 is 1.04 bits per heavy atom. The zero-order chi connectivity index (χ0) is 17.8. The van der Waals surface area contributed by atoms with Gasteiger partial charge in [0.15, 0.2) is 0 Å². The van der Waals surface area contributed by atoms with Crippen LogP contribution in [0.4, 0.5) is 17.5 Å². The highest BCUT2D eigenvalue weighted by Crippen LogP contribution is 2.25. The number of piperazine rings is 1. The Morgan fingerprint density at radius 3 is 2.48 bits per heavy atom. The molecule has 0 radical (unpaired) electrons. The van der Waals surface area contributed by atoms with E-state index in [1.54, 1.807) is 0 Å². The number of rotatable bonds is 5. The number of nitrogens with one attached hydrogen (secondary N) is 1. The van der Waals surface area contributed by atoms with Crippen LogP contribution in [0, 0.1) is 13.8 Å². The zero-order valence-corrected chi connectivity index (χ0v) is 15.8. The summed E-state index contributed by atoms with van der Waals surface area (Å²) in [5.74, 6) is 1.72. The maximum absolute atomic E-state index is 4.81. The van der Waals surface area contributed by atoms with Crippen molar-refractivity contribution < 1.29 is 0 Å². The molecule has 134 valence electrons. The molecule has 0 spiro atoms. The second-order valence-electron chi connectivity index (χ2n) is 6.70. The van der Waals surface area contributed by atoms with Gasteiger partial charge in [0, 0.05) is 43.6 Å². The van der Waals surface area contributed by atoms with Crippen LogP contribution >= 0.6 is 0 Å². The molecule has 0 bridgehead atoms. The third-order valence-corrected chi connectivity index (χ3v) is 4.96. The lowest BCUT2D eigenvalue weighted by molar-refractivity contribution is 0.270. The fraction of sp³-hybridized carbons (Fsp3) is 0.500. The van der Waals surface area contributed by atoms with Crippen molar-refractivity contribution in [1.82, 2.24) is 14.9 Å². The molecular weight excluding hydrogens is 310 g/mol. The Labute approximate surface area is 151 Å². The van der Waals surface area contributed by atoms with Crippen molar-refractivity contribution in [3.05, 3.63) is 41.1 Å². The second-order valence-corrected chi connectivity index (χ2v) is 6.70. The Bertz CT molecular complexity index is 720. The summed E-state index contributed by atoms with van der Waals surface area (Å²) in [6, 6.07) is 8.48. The van der Waals surface area contributed by atoms with Crippen molar-refractivity contribution >= 4 is 17.5 Å². The number of nitrogens with zero attached hydrogens (tertiary/aromatic N) is 4. The van der Waals surface area contributed by atoms with E-state index >= 15 is 0 Å². The van der Waals surface area contributed by atoms with Gasteiger partial charge in [-0.25, -0.2) is 4.98 Å². The van der Waals surface area contributed by atoms with Gasteiger partial charge in [-0.2, -0.15) is 4.98 Å². The Balaban J connectivity index is 1.83. The second kappa shape index (κ2) is 7.83. The summed E-state index contributed by atoms with van der Waals surface area (Å²) < 4.78 is 0. The van der Waals surface area contributed by atoms with Crippen LogP contribution in [0.15, 0.2) is 24.3 Å². The smallest absolute Gasteiger partial charge is 0.229 e. The van der Waals surface area contributed by atoms with Gasteiger partial charge in [0.05, 0.1) is 0 Å². The molecule has 1 aromatic carbocycles. The molecule has 0 amide bonds. The molecule has 3 rings (SSSR count). The van der Waals surface area contributed by atoms with Crippen molar-refractivity contribution in [2.45, 2.75) is 34.1 Å². The fourth-order valence-electron chi connectivity index (χ4n) is 3.38. The predicted molar refractivity (Wildman–Crippen MR) is 105 cm³/mol. The van der Waals surface area contributed by atoms with E-state index in [-0.39, 0.29) is 0 Å². The molecule has 1 aliphatic heterocycles.